The van der Waals surface area contributed by atoms with Crippen molar-refractivity contribution in [2.75, 3.05) is 19.6 Å². The maximum absolute atomic E-state index is 3.62. The Morgan fingerprint density at radius 1 is 0.696 bits per heavy atom. The normalized spacial score (nSPS) is 17.1. The minimum absolute atomic E-state index is 0.415. The van der Waals surface area contributed by atoms with Gasteiger partial charge in [-0.05, 0) is 48.6 Å². The first-order valence-corrected chi connectivity index (χ1v) is 9.73. The molecule has 0 bridgehead atoms. The molecule has 1 saturated carbocycles. The molecule has 1 aliphatic rings. The minimum Gasteiger partial charge on any atom is -0.316 e. The summed E-state index contributed by atoms with van der Waals surface area (Å²) in [4.78, 5) is 0. The highest BCUT2D eigenvalue weighted by molar-refractivity contribution is 4.76. The summed E-state index contributed by atoms with van der Waals surface area (Å²) in [5, 5.41) is 7.10. The molecule has 2 N–H and O–H groups in total. The van der Waals surface area contributed by atoms with Gasteiger partial charge in [0.15, 0.2) is 0 Å². The molecule has 0 aromatic rings. The zero-order valence-corrected chi connectivity index (χ0v) is 17.7. The molecule has 1 aliphatic carbocycles. The van der Waals surface area contributed by atoms with Crippen LogP contribution < -0.4 is 10.6 Å². The van der Waals surface area contributed by atoms with Crippen molar-refractivity contribution >= 4 is 0 Å². The van der Waals surface area contributed by atoms with Crippen molar-refractivity contribution in [3.05, 3.63) is 0 Å². The Labute approximate surface area is 147 Å². The predicted octanol–water partition coefficient (Wildman–Crippen LogP) is 5.62. The molecular formula is C21H46N2. The lowest BCUT2D eigenvalue weighted by atomic mass is 9.92. The molecule has 0 saturated heterocycles. The van der Waals surface area contributed by atoms with Gasteiger partial charge in [-0.25, -0.2) is 0 Å². The van der Waals surface area contributed by atoms with E-state index in [9.17, 15) is 0 Å². The lowest BCUT2D eigenvalue weighted by Crippen LogP contribution is -2.33. The van der Waals surface area contributed by atoms with Crippen LogP contribution in [0.4, 0.5) is 0 Å². The summed E-state index contributed by atoms with van der Waals surface area (Å²) >= 11 is 0. The third-order valence-corrected chi connectivity index (χ3v) is 3.98. The average Bonchev–Trinajstić information content (AvgIpc) is 2.83. The molecule has 0 aromatic carbocycles. The molecule has 2 heteroatoms. The van der Waals surface area contributed by atoms with Gasteiger partial charge in [0.05, 0.1) is 0 Å². The van der Waals surface area contributed by atoms with Gasteiger partial charge in [-0.15, -0.1) is 0 Å². The Bertz CT molecular complexity index is 266. The second-order valence-electron chi connectivity index (χ2n) is 11.0. The van der Waals surface area contributed by atoms with Crippen molar-refractivity contribution in [2.45, 2.75) is 100 Å². The van der Waals surface area contributed by atoms with Gasteiger partial charge < -0.3 is 10.6 Å². The van der Waals surface area contributed by atoms with Gasteiger partial charge in [0, 0.05) is 12.6 Å². The van der Waals surface area contributed by atoms with E-state index in [-0.39, 0.29) is 0 Å². The molecule has 1 rings (SSSR count). The average molecular weight is 327 g/mol. The maximum atomic E-state index is 3.62. The van der Waals surface area contributed by atoms with Crippen LogP contribution in [0, 0.1) is 16.2 Å². The van der Waals surface area contributed by atoms with Crippen molar-refractivity contribution < 1.29 is 0 Å². The Morgan fingerprint density at radius 2 is 1.17 bits per heavy atom. The lowest BCUT2D eigenvalue weighted by molar-refractivity contribution is 0.333. The standard InChI is InChI=1S/C11H25N.C10H21N/c1-10(2,3)7-8-12-9-11(4,5)6;1-10(2,3)8-11-9-6-4-5-7-9/h12H,7-9H2,1-6H3;9,11H,4-8H2,1-3H3. The Hall–Kier alpha value is -0.0800. The van der Waals surface area contributed by atoms with E-state index in [1.807, 2.05) is 0 Å². The first kappa shape index (κ1) is 22.9. The molecule has 0 aliphatic heterocycles. The van der Waals surface area contributed by atoms with Gasteiger partial charge in [-0.2, -0.15) is 0 Å². The highest BCUT2D eigenvalue weighted by atomic mass is 14.9. The highest BCUT2D eigenvalue weighted by Crippen LogP contribution is 2.19. The fourth-order valence-electron chi connectivity index (χ4n) is 2.51. The highest BCUT2D eigenvalue weighted by Gasteiger charge is 2.17. The van der Waals surface area contributed by atoms with Crippen molar-refractivity contribution in [2.24, 2.45) is 16.2 Å². The molecule has 140 valence electrons. The maximum Gasteiger partial charge on any atom is 0.00672 e. The van der Waals surface area contributed by atoms with Crippen LogP contribution in [0.15, 0.2) is 0 Å². The Balaban J connectivity index is 0.000000422. The van der Waals surface area contributed by atoms with Crippen molar-refractivity contribution in [1.29, 1.82) is 0 Å². The Morgan fingerprint density at radius 3 is 1.57 bits per heavy atom. The van der Waals surface area contributed by atoms with E-state index in [1.54, 1.807) is 0 Å². The zero-order chi connectivity index (χ0) is 18.1. The fraction of sp³-hybridized carbons (Fsp3) is 1.00. The first-order chi connectivity index (χ1) is 10.3. The van der Waals surface area contributed by atoms with Crippen LogP contribution in [0.5, 0.6) is 0 Å². The summed E-state index contributed by atoms with van der Waals surface area (Å²) in [6.45, 7) is 23.9. The van der Waals surface area contributed by atoms with E-state index < -0.39 is 0 Å². The van der Waals surface area contributed by atoms with Gasteiger partial charge >= 0.3 is 0 Å². The third kappa shape index (κ3) is 18.1. The predicted molar refractivity (Wildman–Crippen MR) is 106 cm³/mol. The van der Waals surface area contributed by atoms with Crippen LogP contribution in [0.2, 0.25) is 0 Å². The smallest absolute Gasteiger partial charge is 0.00672 e. The monoisotopic (exact) mass is 326 g/mol. The summed E-state index contributed by atoms with van der Waals surface area (Å²) < 4.78 is 0. The van der Waals surface area contributed by atoms with Gasteiger partial charge in [0.2, 0.25) is 0 Å². The largest absolute Gasteiger partial charge is 0.316 e. The van der Waals surface area contributed by atoms with E-state index in [1.165, 1.54) is 32.1 Å². The van der Waals surface area contributed by atoms with Crippen LogP contribution in [0.25, 0.3) is 0 Å². The molecule has 23 heavy (non-hydrogen) atoms. The van der Waals surface area contributed by atoms with Crippen molar-refractivity contribution in [3.8, 4) is 0 Å². The molecule has 0 radical (unpaired) electrons. The summed E-state index contributed by atoms with van der Waals surface area (Å²) in [6.07, 6.45) is 6.92. The quantitative estimate of drug-likeness (QED) is 0.640. The van der Waals surface area contributed by atoms with E-state index in [0.29, 0.717) is 16.2 Å². The van der Waals surface area contributed by atoms with Gasteiger partial charge in [-0.3, -0.25) is 0 Å². The lowest BCUT2D eigenvalue weighted by Gasteiger charge is -2.22. The molecular weight excluding hydrogens is 280 g/mol. The Kier molecular flexibility index (Phi) is 10.00. The summed E-state index contributed by atoms with van der Waals surface area (Å²) in [6, 6.07) is 0.828. The molecule has 2 nitrogen and oxygen atoms in total. The van der Waals surface area contributed by atoms with Gasteiger partial charge in [-0.1, -0.05) is 75.2 Å². The van der Waals surface area contributed by atoms with Crippen LogP contribution in [0.1, 0.15) is 94.4 Å². The SMILES string of the molecule is CC(C)(C)CCNCC(C)(C)C.CC(C)(C)CNC1CCCC1. The molecule has 0 unspecified atom stereocenters. The van der Waals surface area contributed by atoms with E-state index >= 15 is 0 Å². The molecule has 1 fully saturated rings. The first-order valence-electron chi connectivity index (χ1n) is 9.73. The molecule has 0 atom stereocenters. The summed E-state index contributed by atoms with van der Waals surface area (Å²) in [5.74, 6) is 0. The number of hydrogen-bond donors (Lipinski definition) is 2. The van der Waals surface area contributed by atoms with E-state index in [2.05, 4.69) is 72.9 Å². The molecule has 0 aromatic heterocycles. The number of nitrogens with one attached hydrogen (secondary N) is 2. The second kappa shape index (κ2) is 10.0. The summed E-state index contributed by atoms with van der Waals surface area (Å²) in [5.41, 5.74) is 1.32. The van der Waals surface area contributed by atoms with Crippen LogP contribution >= 0.6 is 0 Å². The van der Waals surface area contributed by atoms with Crippen molar-refractivity contribution in [3.63, 3.8) is 0 Å². The summed E-state index contributed by atoms with van der Waals surface area (Å²) in [7, 11) is 0. The van der Waals surface area contributed by atoms with E-state index in [0.717, 1.165) is 25.7 Å². The fourth-order valence-corrected chi connectivity index (χ4v) is 2.51. The molecule has 0 amide bonds. The van der Waals surface area contributed by atoms with Crippen LogP contribution in [-0.2, 0) is 0 Å². The zero-order valence-electron chi connectivity index (χ0n) is 17.7. The number of rotatable bonds is 5. The number of hydrogen-bond acceptors (Lipinski definition) is 2. The van der Waals surface area contributed by atoms with E-state index in [4.69, 9.17) is 0 Å². The van der Waals surface area contributed by atoms with Gasteiger partial charge in [0.25, 0.3) is 0 Å². The van der Waals surface area contributed by atoms with Gasteiger partial charge in [0.1, 0.15) is 0 Å². The molecule has 0 heterocycles. The minimum atomic E-state index is 0.415. The molecule has 0 spiro atoms. The van der Waals surface area contributed by atoms with Crippen molar-refractivity contribution in [1.82, 2.24) is 10.6 Å². The topological polar surface area (TPSA) is 24.1 Å². The van der Waals surface area contributed by atoms with Crippen LogP contribution in [0.3, 0.4) is 0 Å². The second-order valence-corrected chi connectivity index (χ2v) is 11.0. The third-order valence-electron chi connectivity index (χ3n) is 3.98. The van der Waals surface area contributed by atoms with Crippen LogP contribution in [-0.4, -0.2) is 25.7 Å².